The topological polar surface area (TPSA) is 222 Å². The Morgan fingerprint density at radius 1 is 0.543 bits per heavy atom. The molecule has 1 fully saturated rings. The fraction of sp³-hybridized carbons (Fsp3) is 0.352. The maximum absolute atomic E-state index is 13.4. The van der Waals surface area contributed by atoms with Crippen LogP contribution < -0.4 is 23.7 Å². The van der Waals surface area contributed by atoms with Gasteiger partial charge >= 0.3 is 29.8 Å². The fourth-order valence-corrected chi connectivity index (χ4v) is 7.13. The Kier molecular flexibility index (Phi) is 44.5. The van der Waals surface area contributed by atoms with Crippen LogP contribution in [0.1, 0.15) is 85.1 Å². The van der Waals surface area contributed by atoms with Crippen molar-refractivity contribution in [1.29, 1.82) is 0 Å². The van der Waals surface area contributed by atoms with Crippen LogP contribution in [-0.4, -0.2) is 87.9 Å². The van der Waals surface area contributed by atoms with Crippen LogP contribution in [0.25, 0.3) is 0 Å². The Hall–Kier alpha value is -4.28. The van der Waals surface area contributed by atoms with Gasteiger partial charge < -0.3 is 48.8 Å². The molecule has 1 saturated carbocycles. The number of carbonyl (C=O) groups is 5. The molecule has 6 rings (SSSR count). The van der Waals surface area contributed by atoms with E-state index in [0.717, 1.165) is 16.6 Å². The van der Waals surface area contributed by atoms with Crippen molar-refractivity contribution >= 4 is 157 Å². The van der Waals surface area contributed by atoms with Crippen molar-refractivity contribution in [3.05, 3.63) is 145 Å². The third-order valence-electron chi connectivity index (χ3n) is 10.4. The van der Waals surface area contributed by atoms with E-state index in [1.54, 1.807) is 77.1 Å². The molecule has 0 bridgehead atoms. The van der Waals surface area contributed by atoms with E-state index in [0.29, 0.717) is 39.1 Å². The number of carboxylic acid groups (broad SMARTS) is 4. The lowest BCUT2D eigenvalue weighted by Gasteiger charge is -2.25. The third-order valence-corrected chi connectivity index (χ3v) is 12.1. The first-order valence-electron chi connectivity index (χ1n) is 23.3. The van der Waals surface area contributed by atoms with Gasteiger partial charge in [0.05, 0.1) is 7.11 Å². The van der Waals surface area contributed by atoms with Gasteiger partial charge in [-0.3, -0.25) is 0 Å². The normalized spacial score (nSPS) is 12.5. The number of halogens is 7. The molecule has 15 nitrogen and oxygen atoms in total. The van der Waals surface area contributed by atoms with Gasteiger partial charge in [0.25, 0.3) is 0 Å². The van der Waals surface area contributed by atoms with Gasteiger partial charge in [-0.2, -0.15) is 67.5 Å². The molecule has 5 aromatic carbocycles. The molecular weight excluding hydrogens is 1380 g/mol. The highest BCUT2D eigenvalue weighted by Gasteiger charge is 2.27. The summed E-state index contributed by atoms with van der Waals surface area (Å²) < 4.78 is 72.0. The molecule has 1 aliphatic carbocycles. The second kappa shape index (κ2) is 43.4. The van der Waals surface area contributed by atoms with Crippen molar-refractivity contribution in [3.8, 4) is 28.7 Å². The number of rotatable bonds is 19. The highest BCUT2D eigenvalue weighted by atomic mass is 79.9. The minimum absolute atomic E-state index is 0. The van der Waals surface area contributed by atoms with E-state index >= 15 is 0 Å². The summed E-state index contributed by atoms with van der Waals surface area (Å²) in [4.78, 5) is 53.8. The molecule has 0 amide bonds. The summed E-state index contributed by atoms with van der Waals surface area (Å²) in [5.41, 5.74) is 1.33. The first-order chi connectivity index (χ1) is 35.8. The Morgan fingerprint density at radius 2 is 0.963 bits per heavy atom. The van der Waals surface area contributed by atoms with Gasteiger partial charge in [0.2, 0.25) is 0 Å². The zero-order valence-electron chi connectivity index (χ0n) is 44.8. The predicted octanol–water partition coefficient (Wildman–Crippen LogP) is 14.4. The van der Waals surface area contributed by atoms with E-state index in [9.17, 15) is 37.1 Å². The second-order valence-electron chi connectivity index (χ2n) is 16.6. The minimum atomic E-state index is -1.29. The summed E-state index contributed by atoms with van der Waals surface area (Å²) in [6, 6.07) is 27.9. The highest BCUT2D eigenvalue weighted by Crippen LogP contribution is 2.37. The summed E-state index contributed by atoms with van der Waals surface area (Å²) in [5.74, 6) is -5.74. The summed E-state index contributed by atoms with van der Waals surface area (Å²) in [7, 11) is 1.32. The average molecular weight is 1450 g/mol. The number of esters is 1. The van der Waals surface area contributed by atoms with Crippen LogP contribution in [0.2, 0.25) is 5.02 Å². The zero-order valence-corrected chi connectivity index (χ0v) is 55.3. The summed E-state index contributed by atoms with van der Waals surface area (Å²) in [6.07, 6.45) is 0.111. The molecule has 0 heterocycles. The van der Waals surface area contributed by atoms with E-state index in [1.807, 2.05) is 36.4 Å². The number of carbonyl (C=O) groups excluding carboxylic acids is 1. The first kappa shape index (κ1) is 83.2. The maximum Gasteiger partial charge on any atom is 0.346 e. The number of benzene rings is 5. The van der Waals surface area contributed by atoms with Crippen LogP contribution in [0.5, 0.6) is 28.7 Å². The Bertz CT molecular complexity index is 2630. The molecule has 0 saturated heterocycles. The zero-order chi connectivity index (χ0) is 57.2. The average Bonchev–Trinajstić information content (AvgIpc) is 3.34. The summed E-state index contributed by atoms with van der Waals surface area (Å²) in [5, 5.41) is 35.7. The predicted molar refractivity (Wildman–Crippen MR) is 340 cm³/mol. The monoisotopic (exact) mass is 1450 g/mol. The first-order valence-corrected chi connectivity index (χ1v) is 26.1. The van der Waals surface area contributed by atoms with Crippen LogP contribution >= 0.6 is 127 Å². The quantitative estimate of drug-likeness (QED) is 0.0565. The van der Waals surface area contributed by atoms with Crippen LogP contribution in [0.15, 0.2) is 117 Å². The molecule has 0 aromatic heterocycles. The molecule has 5 aromatic rings. The van der Waals surface area contributed by atoms with Crippen LogP contribution in [0, 0.1) is 23.4 Å². The van der Waals surface area contributed by atoms with Crippen LogP contribution in [0.4, 0.5) is 13.2 Å². The van der Waals surface area contributed by atoms with Crippen LogP contribution in [0.3, 0.4) is 0 Å². The molecule has 27 heteroatoms. The summed E-state index contributed by atoms with van der Waals surface area (Å²) >= 11 is 15.0. The highest BCUT2D eigenvalue weighted by molar-refractivity contribution is 9.11. The second-order valence-corrected chi connectivity index (χ2v) is 19.8. The van der Waals surface area contributed by atoms with E-state index in [-0.39, 0.29) is 84.1 Å². The molecular formula is C54H69Br3ClF3O15S5. The van der Waals surface area contributed by atoms with E-state index in [4.69, 9.17) is 55.7 Å². The van der Waals surface area contributed by atoms with E-state index in [1.165, 1.54) is 51.0 Å². The largest absolute Gasteiger partial charge is 0.479 e. The van der Waals surface area contributed by atoms with Crippen molar-refractivity contribution < 1.29 is 86.0 Å². The Balaban J connectivity index is -0.000000451. The SMILES string of the molecule is CC(C)[C@H](Oc1c(F)cc(Br)cc1F)C(=O)O.CC[C@H](Oc1ccc(Br)cc1)C(=O)O.CC[C@H](Oc1ccc(Br)cc1F)C(=O)O.COC(=O)[C@H](C)Oc1ccc(Cl)cc1.C[C@H](Oc1ccc(C2CCC2)cc1)C(=O)O.S.S.S.S.S. The smallest absolute Gasteiger partial charge is 0.346 e. The van der Waals surface area contributed by atoms with Gasteiger partial charge in [-0.1, -0.05) is 106 Å². The summed E-state index contributed by atoms with van der Waals surface area (Å²) in [6.45, 7) is 9.77. The molecule has 454 valence electrons. The Morgan fingerprint density at radius 3 is 1.36 bits per heavy atom. The molecule has 5 atom stereocenters. The van der Waals surface area contributed by atoms with Gasteiger partial charge in [-0.05, 0) is 142 Å². The van der Waals surface area contributed by atoms with E-state index < -0.39 is 89.5 Å². The van der Waals surface area contributed by atoms with Crippen molar-refractivity contribution in [1.82, 2.24) is 0 Å². The lowest BCUT2D eigenvalue weighted by Crippen LogP contribution is -2.32. The lowest BCUT2D eigenvalue weighted by atomic mass is 9.80. The Labute approximate surface area is 534 Å². The molecule has 0 spiro atoms. The maximum atomic E-state index is 13.4. The van der Waals surface area contributed by atoms with Crippen molar-refractivity contribution in [2.75, 3.05) is 7.11 Å². The van der Waals surface area contributed by atoms with Gasteiger partial charge in [0, 0.05) is 24.4 Å². The van der Waals surface area contributed by atoms with Crippen molar-refractivity contribution in [3.63, 3.8) is 0 Å². The number of hydrogen-bond donors (Lipinski definition) is 4. The number of methoxy groups -OCH3 is 1. The van der Waals surface area contributed by atoms with Gasteiger partial charge in [0.1, 0.15) is 17.2 Å². The molecule has 0 radical (unpaired) electrons. The van der Waals surface area contributed by atoms with Crippen molar-refractivity contribution in [2.24, 2.45) is 5.92 Å². The third kappa shape index (κ3) is 31.3. The molecule has 0 aliphatic heterocycles. The molecule has 1 aliphatic rings. The standard InChI is InChI=1S/C13H16O3.C11H11BrF2O3.C10H10BrFO3.C10H11BrO3.C10H11ClO3.5H2S/c1-9(13(14)15)16-12-7-5-11(6-8-12)10-3-2-4-10;1-5(2)9(11(15)16)17-10-7(13)3-6(12)4-8(10)14;1-2-8(10(13)14)15-9-4-3-6(11)5-7(9)12;1-2-9(10(12)13)14-8-5-3-7(11)4-6-8;1-7(10(12)13-2)14-9-5-3-8(11)4-6-9;;;;;/h5-10H,2-4H2,1H3,(H,14,15);3-5,9H,1-2H3,(H,15,16);3-5,8H,2H2,1H3,(H,13,14);3-6,9H,2H2,1H3,(H,12,13);3-7H,1-2H3;5*1H2/t2*9-;8-;9-;7-;;;;;/m00000...../s1. The molecule has 0 unspecified atom stereocenters. The molecule has 4 N–H and O–H groups in total. The number of hydrogen-bond acceptors (Lipinski definition) is 11. The molecule has 81 heavy (non-hydrogen) atoms. The number of ether oxygens (including phenoxy) is 6. The lowest BCUT2D eigenvalue weighted by molar-refractivity contribution is -0.148. The van der Waals surface area contributed by atoms with Gasteiger partial charge in [0.15, 0.2) is 59.5 Å². The van der Waals surface area contributed by atoms with Gasteiger partial charge in [-0.15, -0.1) is 0 Å². The van der Waals surface area contributed by atoms with E-state index in [2.05, 4.69) is 52.5 Å². The minimum Gasteiger partial charge on any atom is -0.479 e. The number of aliphatic carboxylic acids is 4. The fourth-order valence-electron chi connectivity index (χ4n) is 6.00. The number of carboxylic acids is 4. The van der Waals surface area contributed by atoms with Gasteiger partial charge in [-0.25, -0.2) is 37.1 Å². The van der Waals surface area contributed by atoms with Crippen molar-refractivity contribution in [2.45, 2.75) is 110 Å². The van der Waals surface area contributed by atoms with Crippen LogP contribution in [-0.2, 0) is 28.7 Å².